The second kappa shape index (κ2) is 11.8. The van der Waals surface area contributed by atoms with E-state index in [9.17, 15) is 4.79 Å². The largest absolute Gasteiger partial charge is 0.418 e. The molecule has 3 N–H and O–H groups in total. The number of carbonyl (C=O) groups is 1. The minimum absolute atomic E-state index is 0.168. The highest BCUT2D eigenvalue weighted by molar-refractivity contribution is 5.72. The fourth-order valence-electron chi connectivity index (χ4n) is 5.04. The van der Waals surface area contributed by atoms with Crippen LogP contribution in [0.2, 0.25) is 0 Å². The SMILES string of the molecule is CC1CNC(C)CC(C)C(N)(OC2CCCCO2)OC(=O)C(C)CC(C)CC(C)C1. The van der Waals surface area contributed by atoms with Gasteiger partial charge < -0.3 is 14.8 Å². The van der Waals surface area contributed by atoms with Crippen LogP contribution in [0.15, 0.2) is 0 Å². The first kappa shape index (κ1) is 25.6. The summed E-state index contributed by atoms with van der Waals surface area (Å²) < 4.78 is 17.8. The average Bonchev–Trinajstić information content (AvgIpc) is 2.66. The number of hydrogen-bond acceptors (Lipinski definition) is 6. The van der Waals surface area contributed by atoms with Gasteiger partial charge in [0.2, 0.25) is 0 Å². The second-order valence-electron chi connectivity index (χ2n) is 10.4. The van der Waals surface area contributed by atoms with Crippen LogP contribution in [0.5, 0.6) is 0 Å². The first-order chi connectivity index (χ1) is 14.1. The van der Waals surface area contributed by atoms with E-state index in [0.717, 1.165) is 45.1 Å². The highest BCUT2D eigenvalue weighted by atomic mass is 16.8. The van der Waals surface area contributed by atoms with Gasteiger partial charge in [-0.15, -0.1) is 0 Å². The smallest absolute Gasteiger partial charge is 0.312 e. The molecule has 2 fully saturated rings. The molecule has 0 radical (unpaired) electrons. The number of nitrogens with two attached hydrogens (primary N) is 1. The van der Waals surface area contributed by atoms with Crippen molar-refractivity contribution in [2.45, 2.75) is 105 Å². The van der Waals surface area contributed by atoms with Crippen LogP contribution in [-0.4, -0.2) is 37.4 Å². The molecule has 6 nitrogen and oxygen atoms in total. The summed E-state index contributed by atoms with van der Waals surface area (Å²) in [6.45, 7) is 14.6. The first-order valence-electron chi connectivity index (χ1n) is 12.1. The molecular weight excluding hydrogens is 380 g/mol. The van der Waals surface area contributed by atoms with Gasteiger partial charge in [0.25, 0.3) is 5.91 Å². The average molecular weight is 427 g/mol. The van der Waals surface area contributed by atoms with Crippen LogP contribution >= 0.6 is 0 Å². The van der Waals surface area contributed by atoms with Crippen molar-refractivity contribution in [2.75, 3.05) is 13.2 Å². The molecule has 8 unspecified atom stereocenters. The second-order valence-corrected chi connectivity index (χ2v) is 10.4. The van der Waals surface area contributed by atoms with Gasteiger partial charge in [-0.3, -0.25) is 15.3 Å². The lowest BCUT2D eigenvalue weighted by Gasteiger charge is -2.39. The minimum Gasteiger partial charge on any atom is -0.418 e. The van der Waals surface area contributed by atoms with Crippen LogP contribution in [0.25, 0.3) is 0 Å². The van der Waals surface area contributed by atoms with Gasteiger partial charge in [0, 0.05) is 18.6 Å². The molecule has 0 bridgehead atoms. The molecule has 0 aromatic rings. The number of nitrogens with one attached hydrogen (secondary N) is 1. The van der Waals surface area contributed by atoms with E-state index >= 15 is 0 Å². The zero-order chi connectivity index (χ0) is 22.3. The number of rotatable bonds is 2. The number of ether oxygens (including phenoxy) is 3. The van der Waals surface area contributed by atoms with E-state index < -0.39 is 12.2 Å². The molecule has 2 heterocycles. The molecule has 30 heavy (non-hydrogen) atoms. The summed E-state index contributed by atoms with van der Waals surface area (Å²) >= 11 is 0. The molecule has 0 saturated carbocycles. The van der Waals surface area contributed by atoms with Crippen LogP contribution in [0.1, 0.15) is 86.5 Å². The van der Waals surface area contributed by atoms with Gasteiger partial charge in [0.15, 0.2) is 6.29 Å². The molecule has 2 saturated heterocycles. The minimum atomic E-state index is -1.48. The Labute approximate surface area is 184 Å². The van der Waals surface area contributed by atoms with Crippen molar-refractivity contribution < 1.29 is 19.0 Å². The van der Waals surface area contributed by atoms with Crippen molar-refractivity contribution in [1.29, 1.82) is 0 Å². The standard InChI is InChI=1S/C24H46N2O4/c1-16-11-17(2)13-19(4)23(27)30-24(25,29-22-9-7-8-10-28-22)20(5)14-21(6)26-15-18(3)12-16/h16-22,26H,7-15,25H2,1-6H3. The molecule has 0 amide bonds. The Balaban J connectivity index is 2.17. The molecule has 0 spiro atoms. The molecule has 2 aliphatic heterocycles. The fourth-order valence-corrected chi connectivity index (χ4v) is 5.04. The van der Waals surface area contributed by atoms with E-state index in [1.54, 1.807) is 0 Å². The van der Waals surface area contributed by atoms with Gasteiger partial charge in [-0.1, -0.05) is 34.6 Å². The summed E-state index contributed by atoms with van der Waals surface area (Å²) in [5, 5.41) is 3.64. The Morgan fingerprint density at radius 1 is 0.967 bits per heavy atom. The Hall–Kier alpha value is -0.690. The van der Waals surface area contributed by atoms with E-state index in [2.05, 4.69) is 33.0 Å². The topological polar surface area (TPSA) is 82.8 Å². The van der Waals surface area contributed by atoms with Crippen molar-refractivity contribution in [1.82, 2.24) is 5.32 Å². The van der Waals surface area contributed by atoms with Gasteiger partial charge in [-0.05, 0) is 76.2 Å². The molecule has 2 rings (SSSR count). The Kier molecular flexibility index (Phi) is 10.1. The summed E-state index contributed by atoms with van der Waals surface area (Å²) in [4.78, 5) is 13.0. The molecule has 176 valence electrons. The van der Waals surface area contributed by atoms with E-state index in [-0.39, 0.29) is 23.8 Å². The first-order valence-corrected chi connectivity index (χ1v) is 12.1. The van der Waals surface area contributed by atoms with E-state index in [1.807, 2.05) is 13.8 Å². The van der Waals surface area contributed by atoms with Crippen molar-refractivity contribution in [2.24, 2.45) is 35.3 Å². The summed E-state index contributed by atoms with van der Waals surface area (Å²) in [6, 6.07) is 0.247. The van der Waals surface area contributed by atoms with Crippen molar-refractivity contribution >= 4 is 5.97 Å². The normalized spacial score (nSPS) is 43.3. The monoisotopic (exact) mass is 426 g/mol. The summed E-state index contributed by atoms with van der Waals surface area (Å²) in [5.74, 6) is -0.428. The molecule has 0 aromatic carbocycles. The number of esters is 1. The van der Waals surface area contributed by atoms with E-state index in [4.69, 9.17) is 19.9 Å². The quantitative estimate of drug-likeness (QED) is 0.502. The maximum Gasteiger partial charge on any atom is 0.312 e. The highest BCUT2D eigenvalue weighted by Gasteiger charge is 2.42. The lowest BCUT2D eigenvalue weighted by atomic mass is 9.85. The number of carbonyl (C=O) groups excluding carboxylic acids is 1. The van der Waals surface area contributed by atoms with Crippen LogP contribution in [0.4, 0.5) is 0 Å². The lowest BCUT2D eigenvalue weighted by molar-refractivity contribution is -0.322. The summed E-state index contributed by atoms with van der Waals surface area (Å²) in [7, 11) is 0. The highest BCUT2D eigenvalue weighted by Crippen LogP contribution is 2.31. The maximum atomic E-state index is 13.0. The number of cyclic esters (lactones) is 1. The molecular formula is C24H46N2O4. The Morgan fingerprint density at radius 3 is 2.30 bits per heavy atom. The summed E-state index contributed by atoms with van der Waals surface area (Å²) in [5.41, 5.74) is 6.64. The Bertz CT molecular complexity index is 525. The van der Waals surface area contributed by atoms with Crippen molar-refractivity contribution in [3.63, 3.8) is 0 Å². The molecule has 0 aromatic heterocycles. The molecule has 8 atom stereocenters. The number of hydrogen-bond donors (Lipinski definition) is 2. The third-order valence-corrected chi connectivity index (χ3v) is 6.69. The molecule has 6 heteroatoms. The van der Waals surface area contributed by atoms with Crippen molar-refractivity contribution in [3.05, 3.63) is 0 Å². The van der Waals surface area contributed by atoms with Crippen molar-refractivity contribution in [3.8, 4) is 0 Å². The van der Waals surface area contributed by atoms with Gasteiger partial charge in [-0.2, -0.15) is 0 Å². The van der Waals surface area contributed by atoms with Gasteiger partial charge in [-0.25, -0.2) is 0 Å². The van der Waals surface area contributed by atoms with Crippen LogP contribution in [0.3, 0.4) is 0 Å². The van der Waals surface area contributed by atoms with Crippen LogP contribution < -0.4 is 11.1 Å². The maximum absolute atomic E-state index is 13.0. The zero-order valence-electron chi connectivity index (χ0n) is 20.1. The lowest BCUT2D eigenvalue weighted by Crippen LogP contribution is -2.56. The van der Waals surface area contributed by atoms with Crippen LogP contribution in [-0.2, 0) is 19.0 Å². The Morgan fingerprint density at radius 2 is 1.63 bits per heavy atom. The predicted octanol–water partition coefficient (Wildman–Crippen LogP) is 4.42. The third-order valence-electron chi connectivity index (χ3n) is 6.69. The zero-order valence-corrected chi connectivity index (χ0v) is 20.1. The van der Waals surface area contributed by atoms with E-state index in [1.165, 1.54) is 6.42 Å². The summed E-state index contributed by atoms with van der Waals surface area (Å²) in [6.07, 6.45) is 6.29. The molecule has 2 aliphatic rings. The van der Waals surface area contributed by atoms with Gasteiger partial charge in [0.1, 0.15) is 0 Å². The third kappa shape index (κ3) is 8.10. The van der Waals surface area contributed by atoms with E-state index in [0.29, 0.717) is 24.4 Å². The molecule has 0 aliphatic carbocycles. The fraction of sp³-hybridized carbons (Fsp3) is 0.958. The van der Waals surface area contributed by atoms with Gasteiger partial charge in [0.05, 0.1) is 5.92 Å². The van der Waals surface area contributed by atoms with Gasteiger partial charge >= 0.3 is 5.97 Å². The predicted molar refractivity (Wildman–Crippen MR) is 119 cm³/mol. The van der Waals surface area contributed by atoms with Crippen LogP contribution in [0, 0.1) is 29.6 Å².